The maximum atomic E-state index is 11.6. The van der Waals surface area contributed by atoms with Crippen molar-refractivity contribution in [1.29, 1.82) is 0 Å². The Morgan fingerprint density at radius 3 is 3.14 bits per heavy atom. The molecule has 1 fully saturated rings. The lowest BCUT2D eigenvalue weighted by Gasteiger charge is -2.36. The van der Waals surface area contributed by atoms with Gasteiger partial charge in [0.25, 0.3) is 0 Å². The predicted octanol–water partition coefficient (Wildman–Crippen LogP) is 1.41. The van der Waals surface area contributed by atoms with E-state index in [4.69, 9.17) is 21.1 Å². The number of ether oxygens (including phenoxy) is 2. The van der Waals surface area contributed by atoms with Crippen LogP contribution in [0.3, 0.4) is 0 Å². The Balaban J connectivity index is 2.25. The Hall–Kier alpha value is -1.34. The lowest BCUT2D eigenvalue weighted by Crippen LogP contribution is -2.46. The molecular weight excluding hydrogens is 292 g/mol. The summed E-state index contributed by atoms with van der Waals surface area (Å²) >= 11 is 5.93. The number of aromatic nitrogens is 2. The Morgan fingerprint density at radius 1 is 1.62 bits per heavy atom. The van der Waals surface area contributed by atoms with Gasteiger partial charge in [0.05, 0.1) is 26.4 Å². The zero-order valence-corrected chi connectivity index (χ0v) is 13.1. The molecule has 21 heavy (non-hydrogen) atoms. The fourth-order valence-corrected chi connectivity index (χ4v) is 2.58. The van der Waals surface area contributed by atoms with Crippen molar-refractivity contribution in [3.05, 3.63) is 17.0 Å². The molecule has 114 valence electrons. The lowest BCUT2D eigenvalue weighted by molar-refractivity contribution is 0.0593. The van der Waals surface area contributed by atoms with Gasteiger partial charge in [0.2, 0.25) is 5.28 Å². The SMILES string of the molecule is CBCC[C@@H]1COCCN1c1cc(C(=O)OC)nc(Cl)n1. The van der Waals surface area contributed by atoms with Crippen LogP contribution in [0.4, 0.5) is 5.82 Å². The van der Waals surface area contributed by atoms with E-state index in [1.54, 1.807) is 6.07 Å². The van der Waals surface area contributed by atoms with E-state index in [1.807, 2.05) is 0 Å². The van der Waals surface area contributed by atoms with Crippen molar-refractivity contribution < 1.29 is 14.3 Å². The average Bonchev–Trinajstić information content (AvgIpc) is 2.51. The number of carbonyl (C=O) groups excluding carboxylic acids is 1. The van der Waals surface area contributed by atoms with Crippen LogP contribution in [0.25, 0.3) is 0 Å². The normalized spacial score (nSPS) is 18.4. The van der Waals surface area contributed by atoms with Gasteiger partial charge in [-0.25, -0.2) is 14.8 Å². The number of hydrogen-bond donors (Lipinski definition) is 0. The molecule has 0 saturated carbocycles. The highest BCUT2D eigenvalue weighted by Gasteiger charge is 2.25. The summed E-state index contributed by atoms with van der Waals surface area (Å²) in [6, 6.07) is 1.87. The zero-order valence-electron chi connectivity index (χ0n) is 12.3. The molecule has 0 N–H and O–H groups in total. The van der Waals surface area contributed by atoms with E-state index in [0.717, 1.165) is 26.6 Å². The predicted molar refractivity (Wildman–Crippen MR) is 82.8 cm³/mol. The van der Waals surface area contributed by atoms with E-state index in [1.165, 1.54) is 7.11 Å². The van der Waals surface area contributed by atoms with Gasteiger partial charge in [-0.2, -0.15) is 0 Å². The minimum atomic E-state index is -0.515. The van der Waals surface area contributed by atoms with Crippen LogP contribution in [-0.2, 0) is 9.47 Å². The van der Waals surface area contributed by atoms with E-state index >= 15 is 0 Å². The zero-order chi connectivity index (χ0) is 15.2. The maximum Gasteiger partial charge on any atom is 0.356 e. The highest BCUT2D eigenvalue weighted by molar-refractivity contribution is 6.33. The van der Waals surface area contributed by atoms with E-state index < -0.39 is 5.97 Å². The van der Waals surface area contributed by atoms with E-state index in [9.17, 15) is 4.79 Å². The van der Waals surface area contributed by atoms with Gasteiger partial charge in [-0.1, -0.05) is 13.1 Å². The molecule has 2 heterocycles. The molecule has 8 heteroatoms. The molecule has 0 amide bonds. The van der Waals surface area contributed by atoms with Crippen molar-refractivity contribution in [2.45, 2.75) is 25.6 Å². The third kappa shape index (κ3) is 4.08. The van der Waals surface area contributed by atoms with Gasteiger partial charge in [-0.3, -0.25) is 0 Å². The third-order valence-corrected chi connectivity index (χ3v) is 3.66. The quantitative estimate of drug-likeness (QED) is 0.465. The van der Waals surface area contributed by atoms with Crippen LogP contribution in [0.2, 0.25) is 18.4 Å². The number of halogens is 1. The van der Waals surface area contributed by atoms with Crippen LogP contribution >= 0.6 is 11.6 Å². The smallest absolute Gasteiger partial charge is 0.356 e. The van der Waals surface area contributed by atoms with Crippen LogP contribution in [0.5, 0.6) is 0 Å². The summed E-state index contributed by atoms with van der Waals surface area (Å²) in [5.41, 5.74) is 0.174. The van der Waals surface area contributed by atoms with Crippen LogP contribution < -0.4 is 4.90 Å². The molecule has 1 aliphatic heterocycles. The molecule has 0 spiro atoms. The largest absolute Gasteiger partial charge is 0.464 e. The number of carbonyl (C=O) groups is 1. The average molecular weight is 312 g/mol. The van der Waals surface area contributed by atoms with Crippen molar-refractivity contribution in [3.63, 3.8) is 0 Å². The van der Waals surface area contributed by atoms with E-state index in [0.29, 0.717) is 19.0 Å². The first-order valence-corrected chi connectivity index (χ1v) is 7.50. The molecule has 1 aromatic rings. The van der Waals surface area contributed by atoms with Gasteiger partial charge < -0.3 is 14.4 Å². The van der Waals surface area contributed by atoms with Crippen molar-refractivity contribution in [3.8, 4) is 0 Å². The highest BCUT2D eigenvalue weighted by Crippen LogP contribution is 2.22. The molecule has 0 aliphatic carbocycles. The van der Waals surface area contributed by atoms with Crippen LogP contribution in [0, 0.1) is 0 Å². The van der Waals surface area contributed by atoms with Crippen LogP contribution in [-0.4, -0.2) is 56.1 Å². The monoisotopic (exact) mass is 311 g/mol. The molecule has 1 saturated heterocycles. The molecule has 6 nitrogen and oxygen atoms in total. The molecular formula is C13H19BClN3O3. The fourth-order valence-electron chi connectivity index (χ4n) is 2.40. The number of rotatable bonds is 5. The fraction of sp³-hybridized carbons (Fsp3) is 0.615. The Morgan fingerprint density at radius 2 is 2.43 bits per heavy atom. The first-order valence-electron chi connectivity index (χ1n) is 7.13. The number of esters is 1. The summed E-state index contributed by atoms with van der Waals surface area (Å²) in [5, 5.41) is 0.0497. The van der Waals surface area contributed by atoms with E-state index in [-0.39, 0.29) is 17.0 Å². The topological polar surface area (TPSA) is 64.5 Å². The molecule has 1 aromatic heterocycles. The van der Waals surface area contributed by atoms with Crippen molar-refractivity contribution in [2.75, 3.05) is 31.8 Å². The molecule has 1 aliphatic rings. The van der Waals surface area contributed by atoms with Gasteiger partial charge in [0.15, 0.2) is 5.69 Å². The van der Waals surface area contributed by atoms with Crippen molar-refractivity contribution in [1.82, 2.24) is 9.97 Å². The third-order valence-electron chi connectivity index (χ3n) is 3.49. The molecule has 0 unspecified atom stereocenters. The Kier molecular flexibility index (Phi) is 5.81. The standard InChI is InChI=1S/C13H19BClN3O3/c1-14-4-3-9-8-21-6-5-18(9)11-7-10(12(19)20-2)16-13(15)17-11/h7,9,14H,3-6,8H2,1-2H3/t9-/m1/s1. The number of anilines is 1. The van der Waals surface area contributed by atoms with Crippen LogP contribution in [0.1, 0.15) is 16.9 Å². The van der Waals surface area contributed by atoms with Crippen molar-refractivity contribution >= 4 is 30.7 Å². The highest BCUT2D eigenvalue weighted by atomic mass is 35.5. The minimum absolute atomic E-state index is 0.0497. The van der Waals surface area contributed by atoms with Crippen LogP contribution in [0.15, 0.2) is 6.07 Å². The Labute approximate surface area is 130 Å². The summed E-state index contributed by atoms with van der Waals surface area (Å²) in [7, 11) is 2.44. The summed E-state index contributed by atoms with van der Waals surface area (Å²) in [6.07, 6.45) is 2.14. The molecule has 0 aromatic carbocycles. The molecule has 2 rings (SSSR count). The van der Waals surface area contributed by atoms with Gasteiger partial charge in [-0.05, 0) is 18.0 Å². The first-order chi connectivity index (χ1) is 10.2. The van der Waals surface area contributed by atoms with Gasteiger partial charge in [0, 0.05) is 12.6 Å². The van der Waals surface area contributed by atoms with Gasteiger partial charge in [0.1, 0.15) is 13.1 Å². The summed E-state index contributed by atoms with van der Waals surface area (Å²) in [4.78, 5) is 21.9. The van der Waals surface area contributed by atoms with E-state index in [2.05, 4.69) is 21.7 Å². The minimum Gasteiger partial charge on any atom is -0.464 e. The second kappa shape index (κ2) is 7.61. The number of hydrogen-bond acceptors (Lipinski definition) is 6. The second-order valence-electron chi connectivity index (χ2n) is 4.94. The van der Waals surface area contributed by atoms with Crippen molar-refractivity contribution in [2.24, 2.45) is 0 Å². The maximum absolute atomic E-state index is 11.6. The molecule has 0 radical (unpaired) electrons. The van der Waals surface area contributed by atoms with Gasteiger partial charge >= 0.3 is 5.97 Å². The second-order valence-corrected chi connectivity index (χ2v) is 5.27. The molecule has 0 bridgehead atoms. The number of methoxy groups -OCH3 is 1. The first kappa shape index (κ1) is 16.0. The summed E-state index contributed by atoms with van der Waals surface area (Å²) in [5.74, 6) is 0.138. The van der Waals surface area contributed by atoms with Gasteiger partial charge in [-0.15, -0.1) is 0 Å². The summed E-state index contributed by atoms with van der Waals surface area (Å²) in [6.45, 7) is 4.18. The number of morpholine rings is 1. The Bertz CT molecular complexity index is 504. The lowest BCUT2D eigenvalue weighted by atomic mass is 9.75. The number of nitrogens with zero attached hydrogens (tertiary/aromatic N) is 3. The summed E-state index contributed by atoms with van der Waals surface area (Å²) < 4.78 is 10.2. The molecule has 1 atom stereocenters.